The van der Waals surface area contributed by atoms with Gasteiger partial charge in [-0.3, -0.25) is 9.59 Å². The van der Waals surface area contributed by atoms with E-state index in [0.29, 0.717) is 19.0 Å². The Morgan fingerprint density at radius 1 is 1.43 bits per heavy atom. The molecule has 2 N–H and O–H groups in total. The highest BCUT2D eigenvalue weighted by Crippen LogP contribution is 2.14. The largest absolute Gasteiger partial charge is 0.478 e. The first-order valence-electron chi connectivity index (χ1n) is 8.50. The second-order valence-electron chi connectivity index (χ2n) is 6.02. The fraction of sp³-hybridized carbons (Fsp3) is 0.647. The number of carbonyl (C=O) groups is 1. The van der Waals surface area contributed by atoms with Crippen molar-refractivity contribution < 1.29 is 9.53 Å². The van der Waals surface area contributed by atoms with Gasteiger partial charge < -0.3 is 19.9 Å². The molecule has 1 amide bonds. The van der Waals surface area contributed by atoms with Crippen molar-refractivity contribution >= 4 is 5.91 Å². The van der Waals surface area contributed by atoms with Crippen molar-refractivity contribution in [2.75, 3.05) is 26.2 Å². The third kappa shape index (κ3) is 5.71. The van der Waals surface area contributed by atoms with Crippen LogP contribution in [0.3, 0.4) is 0 Å². The summed E-state index contributed by atoms with van der Waals surface area (Å²) in [6.45, 7) is 5.32. The van der Waals surface area contributed by atoms with E-state index in [2.05, 4.69) is 17.6 Å². The van der Waals surface area contributed by atoms with Crippen LogP contribution in [0.5, 0.6) is 5.75 Å². The van der Waals surface area contributed by atoms with Crippen molar-refractivity contribution in [3.05, 3.63) is 28.7 Å². The molecule has 1 aromatic rings. The minimum atomic E-state index is -0.188. The number of hydrogen-bond donors (Lipinski definition) is 2. The molecule has 1 saturated heterocycles. The van der Waals surface area contributed by atoms with Crippen molar-refractivity contribution in [3.63, 3.8) is 0 Å². The zero-order valence-electron chi connectivity index (χ0n) is 13.8. The molecule has 1 aliphatic heterocycles. The van der Waals surface area contributed by atoms with Crippen molar-refractivity contribution in [2.45, 2.75) is 39.2 Å². The number of rotatable bonds is 8. The molecule has 23 heavy (non-hydrogen) atoms. The van der Waals surface area contributed by atoms with Gasteiger partial charge in [-0.2, -0.15) is 0 Å². The van der Waals surface area contributed by atoms with Gasteiger partial charge in [-0.05, 0) is 50.4 Å². The Bertz CT molecular complexity index is 550. The smallest absolute Gasteiger partial charge is 0.292 e. The lowest BCUT2D eigenvalue weighted by atomic mass is 9.98. The van der Waals surface area contributed by atoms with E-state index in [4.69, 9.17) is 4.74 Å². The van der Waals surface area contributed by atoms with Crippen LogP contribution in [-0.4, -0.2) is 36.7 Å². The maximum Gasteiger partial charge on any atom is 0.292 e. The fourth-order valence-corrected chi connectivity index (χ4v) is 2.71. The lowest BCUT2D eigenvalue weighted by molar-refractivity contribution is -0.123. The summed E-state index contributed by atoms with van der Waals surface area (Å²) >= 11 is 0. The third-order valence-corrected chi connectivity index (χ3v) is 4.11. The third-order valence-electron chi connectivity index (χ3n) is 4.11. The molecule has 0 atom stereocenters. The monoisotopic (exact) mass is 321 g/mol. The van der Waals surface area contributed by atoms with Crippen LogP contribution in [0.4, 0.5) is 0 Å². The van der Waals surface area contributed by atoms with Crippen molar-refractivity contribution in [1.29, 1.82) is 0 Å². The van der Waals surface area contributed by atoms with Crippen LogP contribution < -0.4 is 20.9 Å². The molecule has 0 aromatic carbocycles. The first-order valence-corrected chi connectivity index (χ1v) is 8.50. The summed E-state index contributed by atoms with van der Waals surface area (Å²) in [6, 6.07) is 3.42. The van der Waals surface area contributed by atoms with Gasteiger partial charge in [0.15, 0.2) is 12.4 Å². The minimum absolute atomic E-state index is 0.115. The van der Waals surface area contributed by atoms with E-state index >= 15 is 0 Å². The Balaban J connectivity index is 1.88. The molecule has 0 spiro atoms. The number of unbranched alkanes of at least 4 members (excludes halogenated alkanes) is 1. The number of nitrogens with zero attached hydrogens (tertiary/aromatic N) is 1. The number of nitrogens with one attached hydrogen (secondary N) is 2. The van der Waals surface area contributed by atoms with Gasteiger partial charge in [-0.1, -0.05) is 13.3 Å². The molecule has 6 nitrogen and oxygen atoms in total. The molecule has 128 valence electrons. The van der Waals surface area contributed by atoms with Crippen molar-refractivity contribution in [1.82, 2.24) is 15.2 Å². The number of pyridine rings is 1. The first-order chi connectivity index (χ1) is 11.2. The maximum absolute atomic E-state index is 12.4. The van der Waals surface area contributed by atoms with Gasteiger partial charge in [0.2, 0.25) is 0 Å². The van der Waals surface area contributed by atoms with E-state index in [0.717, 1.165) is 38.8 Å². The second-order valence-corrected chi connectivity index (χ2v) is 6.02. The average Bonchev–Trinajstić information content (AvgIpc) is 2.57. The SMILES string of the molecule is CCCCNC(=O)COc1cccn(CC2CCNCC2)c1=O. The van der Waals surface area contributed by atoms with E-state index in [1.54, 1.807) is 22.9 Å². The normalized spacial score (nSPS) is 15.3. The number of carbonyl (C=O) groups excluding carboxylic acids is 1. The number of amides is 1. The zero-order chi connectivity index (χ0) is 16.5. The summed E-state index contributed by atoms with van der Waals surface area (Å²) in [5, 5.41) is 6.10. The number of piperidine rings is 1. The van der Waals surface area contributed by atoms with Gasteiger partial charge in [0.25, 0.3) is 11.5 Å². The Morgan fingerprint density at radius 3 is 2.96 bits per heavy atom. The van der Waals surface area contributed by atoms with Gasteiger partial charge in [-0.15, -0.1) is 0 Å². The van der Waals surface area contributed by atoms with Crippen LogP contribution in [0.25, 0.3) is 0 Å². The summed E-state index contributed by atoms with van der Waals surface area (Å²) in [5.41, 5.74) is -0.160. The highest BCUT2D eigenvalue weighted by Gasteiger charge is 2.15. The standard InChI is InChI=1S/C17H27N3O3/c1-2-3-8-19-16(21)13-23-15-5-4-11-20(17(15)22)12-14-6-9-18-10-7-14/h4-5,11,14,18H,2-3,6-10,12-13H2,1H3,(H,19,21). The summed E-state index contributed by atoms with van der Waals surface area (Å²) < 4.78 is 7.10. The van der Waals surface area contributed by atoms with E-state index in [9.17, 15) is 9.59 Å². The Morgan fingerprint density at radius 2 is 2.22 bits per heavy atom. The van der Waals surface area contributed by atoms with Crippen LogP contribution in [0.15, 0.2) is 23.1 Å². The number of hydrogen-bond acceptors (Lipinski definition) is 4. The van der Waals surface area contributed by atoms with Gasteiger partial charge in [0, 0.05) is 19.3 Å². The van der Waals surface area contributed by atoms with Gasteiger partial charge in [0.05, 0.1) is 0 Å². The topological polar surface area (TPSA) is 72.4 Å². The number of aromatic nitrogens is 1. The molecule has 6 heteroatoms. The van der Waals surface area contributed by atoms with Crippen LogP contribution in [0, 0.1) is 5.92 Å². The summed E-state index contributed by atoms with van der Waals surface area (Å²) in [5.74, 6) is 0.570. The van der Waals surface area contributed by atoms with Crippen molar-refractivity contribution in [3.8, 4) is 5.75 Å². The molecule has 1 fully saturated rings. The van der Waals surface area contributed by atoms with E-state index < -0.39 is 0 Å². The van der Waals surface area contributed by atoms with E-state index in [1.165, 1.54) is 0 Å². The molecule has 1 aliphatic rings. The molecule has 0 unspecified atom stereocenters. The lowest BCUT2D eigenvalue weighted by Gasteiger charge is -2.23. The first kappa shape index (κ1) is 17.5. The average molecular weight is 321 g/mol. The summed E-state index contributed by atoms with van der Waals surface area (Å²) in [7, 11) is 0. The predicted molar refractivity (Wildman–Crippen MR) is 89.7 cm³/mol. The molecule has 2 heterocycles. The molecular weight excluding hydrogens is 294 g/mol. The summed E-state index contributed by atoms with van der Waals surface area (Å²) in [6.07, 6.45) is 5.93. The molecule has 0 saturated carbocycles. The van der Waals surface area contributed by atoms with E-state index in [1.807, 2.05) is 0 Å². The molecule has 2 rings (SSSR count). The number of ether oxygens (including phenoxy) is 1. The van der Waals surface area contributed by atoms with Gasteiger partial charge in [-0.25, -0.2) is 0 Å². The van der Waals surface area contributed by atoms with Crippen LogP contribution >= 0.6 is 0 Å². The Hall–Kier alpha value is -1.82. The zero-order valence-corrected chi connectivity index (χ0v) is 13.8. The van der Waals surface area contributed by atoms with Gasteiger partial charge >= 0.3 is 0 Å². The maximum atomic E-state index is 12.4. The lowest BCUT2D eigenvalue weighted by Crippen LogP contribution is -2.33. The summed E-state index contributed by atoms with van der Waals surface area (Å²) in [4.78, 5) is 24.1. The van der Waals surface area contributed by atoms with Crippen LogP contribution in [0.2, 0.25) is 0 Å². The minimum Gasteiger partial charge on any atom is -0.478 e. The Kier molecular flexibility index (Phi) is 7.13. The van der Waals surface area contributed by atoms with Crippen LogP contribution in [-0.2, 0) is 11.3 Å². The molecular formula is C17H27N3O3. The fourth-order valence-electron chi connectivity index (χ4n) is 2.71. The Labute approximate surface area is 137 Å². The molecule has 0 aliphatic carbocycles. The molecule has 0 bridgehead atoms. The van der Waals surface area contributed by atoms with Crippen LogP contribution in [0.1, 0.15) is 32.6 Å². The van der Waals surface area contributed by atoms with E-state index in [-0.39, 0.29) is 23.8 Å². The highest BCUT2D eigenvalue weighted by molar-refractivity contribution is 5.77. The highest BCUT2D eigenvalue weighted by atomic mass is 16.5. The molecule has 0 radical (unpaired) electrons. The van der Waals surface area contributed by atoms with Gasteiger partial charge in [0.1, 0.15) is 0 Å². The van der Waals surface area contributed by atoms with Crippen molar-refractivity contribution in [2.24, 2.45) is 5.92 Å². The predicted octanol–water partition coefficient (Wildman–Crippen LogP) is 1.14. The second kappa shape index (κ2) is 9.35. The molecule has 1 aromatic heterocycles. The quantitative estimate of drug-likeness (QED) is 0.705.